The molecule has 6 nitrogen and oxygen atoms in total. The van der Waals surface area contributed by atoms with Crippen molar-refractivity contribution in [1.82, 2.24) is 19.7 Å². The molecule has 2 heterocycles. The molecule has 0 spiro atoms. The van der Waals surface area contributed by atoms with Gasteiger partial charge in [-0.3, -0.25) is 9.36 Å². The summed E-state index contributed by atoms with van der Waals surface area (Å²) in [6, 6.07) is 10.4. The van der Waals surface area contributed by atoms with E-state index in [1.54, 1.807) is 23.3 Å². The van der Waals surface area contributed by atoms with Gasteiger partial charge in [0.2, 0.25) is 5.91 Å². The number of hydrogen-bond donors (Lipinski definition) is 0. The van der Waals surface area contributed by atoms with Gasteiger partial charge in [-0.15, -0.1) is 10.2 Å². The number of amides is 1. The zero-order valence-electron chi connectivity index (χ0n) is 18.0. The van der Waals surface area contributed by atoms with Gasteiger partial charge in [-0.1, -0.05) is 31.0 Å². The summed E-state index contributed by atoms with van der Waals surface area (Å²) in [4.78, 5) is 14.5. The lowest BCUT2D eigenvalue weighted by Crippen LogP contribution is -2.27. The van der Waals surface area contributed by atoms with E-state index in [0.29, 0.717) is 18.3 Å². The molecule has 0 atom stereocenters. The molecule has 4 rings (SSSR count). The Kier molecular flexibility index (Phi) is 7.29. The van der Waals surface area contributed by atoms with E-state index in [4.69, 9.17) is 4.74 Å². The molecule has 1 aromatic carbocycles. The van der Waals surface area contributed by atoms with Crippen LogP contribution in [0, 0.1) is 0 Å². The fourth-order valence-electron chi connectivity index (χ4n) is 3.96. The normalized spacial score (nSPS) is 14.5. The smallest absolute Gasteiger partial charge is 0.233 e. The van der Waals surface area contributed by atoms with Gasteiger partial charge in [-0.25, -0.2) is 0 Å². The Balaban J connectivity index is 1.52. The van der Waals surface area contributed by atoms with Crippen LogP contribution in [0.15, 0.2) is 46.2 Å². The second-order valence-corrected chi connectivity index (χ2v) is 9.59. The summed E-state index contributed by atoms with van der Waals surface area (Å²) >= 11 is 3.14. The fraction of sp³-hybridized carbons (Fsp3) is 0.435. The van der Waals surface area contributed by atoms with Crippen LogP contribution < -0.4 is 4.74 Å². The molecule has 0 unspecified atom stereocenters. The zero-order chi connectivity index (χ0) is 21.6. The predicted octanol–water partition coefficient (Wildman–Crippen LogP) is 5.27. The summed E-state index contributed by atoms with van der Waals surface area (Å²) in [6.07, 6.45) is 5.97. The molecule has 8 heteroatoms. The molecule has 31 heavy (non-hydrogen) atoms. The number of aromatic nitrogens is 3. The first-order valence-corrected chi connectivity index (χ1v) is 12.6. The number of carbonyl (C=O) groups excluding carboxylic acids is 1. The van der Waals surface area contributed by atoms with Crippen molar-refractivity contribution in [2.75, 3.05) is 19.9 Å². The highest BCUT2D eigenvalue weighted by molar-refractivity contribution is 7.99. The molecule has 1 aliphatic rings. The Morgan fingerprint density at radius 1 is 1.19 bits per heavy atom. The largest absolute Gasteiger partial charge is 0.497 e. The Morgan fingerprint density at radius 2 is 1.97 bits per heavy atom. The third-order valence-corrected chi connectivity index (χ3v) is 7.36. The highest BCUT2D eigenvalue weighted by atomic mass is 32.2. The van der Waals surface area contributed by atoms with Gasteiger partial charge in [0.1, 0.15) is 5.75 Å². The van der Waals surface area contributed by atoms with E-state index in [-0.39, 0.29) is 5.91 Å². The van der Waals surface area contributed by atoms with Gasteiger partial charge in [0, 0.05) is 25.2 Å². The first-order chi connectivity index (χ1) is 15.2. The minimum atomic E-state index is 0.0976. The third kappa shape index (κ3) is 5.30. The SMILES string of the molecule is COc1ccc(-c2nnc(SCC(=O)N(C)Cc3ccsc3)n2C2CCCCC2)cc1. The first-order valence-electron chi connectivity index (χ1n) is 10.6. The lowest BCUT2D eigenvalue weighted by atomic mass is 9.95. The fourth-order valence-corrected chi connectivity index (χ4v) is 5.57. The molecule has 3 aromatic rings. The summed E-state index contributed by atoms with van der Waals surface area (Å²) in [5.41, 5.74) is 2.18. The average Bonchev–Trinajstić information content (AvgIpc) is 3.48. The molecule has 1 amide bonds. The van der Waals surface area contributed by atoms with Gasteiger partial charge in [0.25, 0.3) is 0 Å². The summed E-state index contributed by atoms with van der Waals surface area (Å²) in [7, 11) is 3.52. The van der Waals surface area contributed by atoms with E-state index in [0.717, 1.165) is 40.7 Å². The number of methoxy groups -OCH3 is 1. The summed E-state index contributed by atoms with van der Waals surface area (Å²) < 4.78 is 7.55. The Labute approximate surface area is 191 Å². The number of thiophene rings is 1. The van der Waals surface area contributed by atoms with E-state index < -0.39 is 0 Å². The van der Waals surface area contributed by atoms with Gasteiger partial charge in [-0.05, 0) is 59.5 Å². The van der Waals surface area contributed by atoms with Crippen LogP contribution in [-0.4, -0.2) is 45.5 Å². The Bertz CT molecular complexity index is 980. The molecule has 164 valence electrons. The predicted molar refractivity (Wildman–Crippen MR) is 126 cm³/mol. The van der Waals surface area contributed by atoms with E-state index in [9.17, 15) is 4.79 Å². The Morgan fingerprint density at radius 3 is 2.65 bits per heavy atom. The van der Waals surface area contributed by atoms with E-state index in [2.05, 4.69) is 26.2 Å². The molecule has 1 fully saturated rings. The van der Waals surface area contributed by atoms with Crippen LogP contribution in [0.2, 0.25) is 0 Å². The van der Waals surface area contributed by atoms with Crippen molar-refractivity contribution in [3.8, 4) is 17.1 Å². The number of nitrogens with zero attached hydrogens (tertiary/aromatic N) is 4. The number of thioether (sulfide) groups is 1. The van der Waals surface area contributed by atoms with Crippen molar-refractivity contribution in [1.29, 1.82) is 0 Å². The molecule has 0 bridgehead atoms. The van der Waals surface area contributed by atoms with Crippen LogP contribution in [0.3, 0.4) is 0 Å². The second-order valence-electron chi connectivity index (χ2n) is 7.87. The quantitative estimate of drug-likeness (QED) is 0.432. The molecular weight excluding hydrogens is 428 g/mol. The number of ether oxygens (including phenoxy) is 1. The van der Waals surface area contributed by atoms with E-state index >= 15 is 0 Å². The maximum Gasteiger partial charge on any atom is 0.233 e. The number of benzene rings is 1. The molecule has 0 N–H and O–H groups in total. The maximum absolute atomic E-state index is 12.7. The van der Waals surface area contributed by atoms with Crippen molar-refractivity contribution in [2.24, 2.45) is 0 Å². The topological polar surface area (TPSA) is 60.3 Å². The number of hydrogen-bond acceptors (Lipinski definition) is 6. The van der Waals surface area contributed by atoms with Crippen LogP contribution in [0.1, 0.15) is 43.7 Å². The number of carbonyl (C=O) groups is 1. The van der Waals surface area contributed by atoms with Crippen molar-refractivity contribution >= 4 is 29.0 Å². The summed E-state index contributed by atoms with van der Waals surface area (Å²) in [5, 5.41) is 14.0. The highest BCUT2D eigenvalue weighted by Gasteiger charge is 2.24. The monoisotopic (exact) mass is 456 g/mol. The zero-order valence-corrected chi connectivity index (χ0v) is 19.6. The average molecular weight is 457 g/mol. The van der Waals surface area contributed by atoms with Gasteiger partial charge >= 0.3 is 0 Å². The van der Waals surface area contributed by atoms with Crippen LogP contribution in [-0.2, 0) is 11.3 Å². The van der Waals surface area contributed by atoms with Crippen LogP contribution in [0.25, 0.3) is 11.4 Å². The second kappa shape index (κ2) is 10.3. The van der Waals surface area contributed by atoms with Crippen molar-refractivity contribution in [3.05, 3.63) is 46.7 Å². The van der Waals surface area contributed by atoms with Crippen LogP contribution in [0.4, 0.5) is 0 Å². The number of rotatable bonds is 8. The molecule has 0 radical (unpaired) electrons. The molecule has 1 aliphatic carbocycles. The van der Waals surface area contributed by atoms with E-state index in [1.807, 2.05) is 36.7 Å². The molecule has 0 saturated heterocycles. The minimum Gasteiger partial charge on any atom is -0.497 e. The molecule has 1 saturated carbocycles. The lowest BCUT2D eigenvalue weighted by Gasteiger charge is -2.25. The van der Waals surface area contributed by atoms with E-state index in [1.165, 1.54) is 31.0 Å². The van der Waals surface area contributed by atoms with Crippen molar-refractivity contribution in [2.45, 2.75) is 49.8 Å². The summed E-state index contributed by atoms with van der Waals surface area (Å²) in [5.74, 6) is 2.14. The van der Waals surface area contributed by atoms with Gasteiger partial charge in [0.05, 0.1) is 12.9 Å². The van der Waals surface area contributed by atoms with Gasteiger partial charge in [-0.2, -0.15) is 11.3 Å². The first kappa shape index (κ1) is 21.9. The maximum atomic E-state index is 12.7. The lowest BCUT2D eigenvalue weighted by molar-refractivity contribution is -0.127. The van der Waals surface area contributed by atoms with Gasteiger partial charge < -0.3 is 9.64 Å². The minimum absolute atomic E-state index is 0.0976. The third-order valence-electron chi connectivity index (χ3n) is 5.70. The highest BCUT2D eigenvalue weighted by Crippen LogP contribution is 2.36. The summed E-state index contributed by atoms with van der Waals surface area (Å²) in [6.45, 7) is 0.634. The standard InChI is InChI=1S/C23H28N4O2S2/c1-26(14-17-12-13-30-15-17)21(28)16-31-23-25-24-22(18-8-10-20(29-2)11-9-18)27(23)19-6-4-3-5-7-19/h8-13,15,19H,3-7,14,16H2,1-2H3. The molecule has 2 aromatic heterocycles. The molecular formula is C23H28N4O2S2. The Hall–Kier alpha value is -2.32. The van der Waals surface area contributed by atoms with Gasteiger partial charge in [0.15, 0.2) is 11.0 Å². The van der Waals surface area contributed by atoms with Crippen molar-refractivity contribution < 1.29 is 9.53 Å². The van der Waals surface area contributed by atoms with Crippen LogP contribution >= 0.6 is 23.1 Å². The van der Waals surface area contributed by atoms with Crippen molar-refractivity contribution in [3.63, 3.8) is 0 Å². The van der Waals surface area contributed by atoms with Crippen LogP contribution in [0.5, 0.6) is 5.75 Å². The molecule has 0 aliphatic heterocycles.